The molecule has 3 heterocycles. The lowest BCUT2D eigenvalue weighted by Crippen LogP contribution is -2.50. The van der Waals surface area contributed by atoms with E-state index < -0.39 is 5.60 Å². The number of carbonyl (C=O) groups excluding carboxylic acids is 1. The molecule has 10 heteroatoms. The number of aromatic nitrogens is 2. The van der Waals surface area contributed by atoms with Crippen LogP contribution in [0.15, 0.2) is 36.7 Å². The molecular formula is C28H38ClN5O4. The van der Waals surface area contributed by atoms with Crippen LogP contribution in [0.2, 0.25) is 5.02 Å². The van der Waals surface area contributed by atoms with Crippen LogP contribution in [0.5, 0.6) is 11.5 Å². The number of nitrogens with zero attached hydrogens (tertiary/aromatic N) is 5. The number of imidazole rings is 1. The number of benzene rings is 1. The number of rotatable bonds is 8. The van der Waals surface area contributed by atoms with E-state index in [9.17, 15) is 4.79 Å². The fourth-order valence-corrected chi connectivity index (χ4v) is 4.59. The lowest BCUT2D eigenvalue weighted by atomic mass is 10.1. The van der Waals surface area contributed by atoms with Crippen molar-refractivity contribution < 1.29 is 19.0 Å². The molecule has 0 saturated carbocycles. The van der Waals surface area contributed by atoms with E-state index in [0.29, 0.717) is 36.2 Å². The Kier molecular flexibility index (Phi) is 8.57. The highest BCUT2D eigenvalue weighted by Gasteiger charge is 2.26. The van der Waals surface area contributed by atoms with Crippen molar-refractivity contribution in [2.45, 2.75) is 32.8 Å². The number of fused-ring (bicyclic) bond motifs is 1. The zero-order valence-electron chi connectivity index (χ0n) is 23.2. The molecule has 38 heavy (non-hydrogen) atoms. The lowest BCUT2D eigenvalue weighted by Gasteiger charge is -2.36. The van der Waals surface area contributed by atoms with Crippen molar-refractivity contribution in [2.24, 2.45) is 0 Å². The summed E-state index contributed by atoms with van der Waals surface area (Å²) in [6.07, 6.45) is 4.62. The van der Waals surface area contributed by atoms with E-state index in [1.165, 1.54) is 0 Å². The molecule has 0 unspecified atom stereocenters. The molecule has 0 N–H and O–H groups in total. The van der Waals surface area contributed by atoms with E-state index in [4.69, 9.17) is 30.8 Å². The second kappa shape index (κ2) is 11.7. The fraction of sp³-hybridized carbons (Fsp3) is 0.500. The van der Waals surface area contributed by atoms with Crippen LogP contribution in [0.25, 0.3) is 16.9 Å². The summed E-state index contributed by atoms with van der Waals surface area (Å²) >= 11 is 6.48. The first kappa shape index (κ1) is 27.9. The number of carbonyl (C=O) groups is 1. The highest BCUT2D eigenvalue weighted by Crippen LogP contribution is 2.38. The van der Waals surface area contributed by atoms with Gasteiger partial charge in [0.25, 0.3) is 0 Å². The van der Waals surface area contributed by atoms with Crippen LogP contribution in [0.1, 0.15) is 27.2 Å². The summed E-state index contributed by atoms with van der Waals surface area (Å²) in [5.41, 5.74) is 2.97. The minimum absolute atomic E-state index is 0.261. The van der Waals surface area contributed by atoms with Gasteiger partial charge >= 0.3 is 6.09 Å². The molecule has 0 atom stereocenters. The number of methoxy groups -OCH3 is 1. The van der Waals surface area contributed by atoms with Gasteiger partial charge in [-0.2, -0.15) is 0 Å². The molecule has 0 bridgehead atoms. The van der Waals surface area contributed by atoms with E-state index in [1.807, 2.05) is 63.8 Å². The van der Waals surface area contributed by atoms with E-state index in [2.05, 4.69) is 21.9 Å². The van der Waals surface area contributed by atoms with E-state index in [-0.39, 0.29) is 6.09 Å². The fourth-order valence-electron chi connectivity index (χ4n) is 4.34. The Balaban J connectivity index is 1.51. The van der Waals surface area contributed by atoms with E-state index in [1.54, 1.807) is 12.0 Å². The van der Waals surface area contributed by atoms with Gasteiger partial charge in [-0.1, -0.05) is 11.6 Å². The quantitative estimate of drug-likeness (QED) is 0.368. The molecule has 3 aromatic rings. The monoisotopic (exact) mass is 543 g/mol. The second-order valence-corrected chi connectivity index (χ2v) is 11.1. The first-order chi connectivity index (χ1) is 18.0. The molecular weight excluding hydrogens is 506 g/mol. The predicted octanol–water partition coefficient (Wildman–Crippen LogP) is 5.05. The summed E-state index contributed by atoms with van der Waals surface area (Å²) in [5.74, 6) is 1.25. The number of amides is 1. The number of hydrogen-bond donors (Lipinski definition) is 0. The van der Waals surface area contributed by atoms with Crippen LogP contribution >= 0.6 is 11.6 Å². The second-order valence-electron chi connectivity index (χ2n) is 10.7. The van der Waals surface area contributed by atoms with Crippen molar-refractivity contribution in [3.63, 3.8) is 0 Å². The third-order valence-corrected chi connectivity index (χ3v) is 6.57. The topological polar surface area (TPSA) is 71.8 Å². The smallest absolute Gasteiger partial charge is 0.410 e. The summed E-state index contributed by atoms with van der Waals surface area (Å²) in [6.45, 7) is 9.83. The average Bonchev–Trinajstić information content (AvgIpc) is 3.29. The minimum atomic E-state index is -0.497. The Labute approximate surface area is 229 Å². The van der Waals surface area contributed by atoms with Crippen LogP contribution in [-0.4, -0.2) is 91.4 Å². The van der Waals surface area contributed by atoms with Gasteiger partial charge in [0.05, 0.1) is 24.4 Å². The van der Waals surface area contributed by atoms with Gasteiger partial charge in [0.15, 0.2) is 0 Å². The van der Waals surface area contributed by atoms with Gasteiger partial charge in [0.1, 0.15) is 22.7 Å². The molecule has 0 spiro atoms. The first-order valence-corrected chi connectivity index (χ1v) is 13.3. The third kappa shape index (κ3) is 6.82. The Morgan fingerprint density at radius 2 is 1.84 bits per heavy atom. The molecule has 0 aliphatic carbocycles. The van der Waals surface area contributed by atoms with Gasteiger partial charge in [0, 0.05) is 68.5 Å². The maximum Gasteiger partial charge on any atom is 0.410 e. The molecule has 206 valence electrons. The van der Waals surface area contributed by atoms with Crippen LogP contribution in [0.3, 0.4) is 0 Å². The van der Waals surface area contributed by atoms with Gasteiger partial charge in [0.2, 0.25) is 0 Å². The number of ether oxygens (including phenoxy) is 3. The molecule has 1 aliphatic rings. The summed E-state index contributed by atoms with van der Waals surface area (Å²) in [4.78, 5) is 23.5. The number of halogens is 1. The van der Waals surface area contributed by atoms with Crippen molar-refractivity contribution in [1.82, 2.24) is 19.2 Å². The standard InChI is InChI=1S/C28H38ClN5O4/c1-28(2,3)38-27(35)33-13-11-32(12-14-33)20-8-10-34-19-23(30-26(34)16-20)21-17-22(29)25(36-6)18-24(21)37-15-7-9-31(4)5/h8,10,16-19H,7,9,11-15H2,1-6H3. The molecule has 1 fully saturated rings. The van der Waals surface area contributed by atoms with Gasteiger partial charge in [-0.25, -0.2) is 9.78 Å². The zero-order chi connectivity index (χ0) is 27.4. The number of piperazine rings is 1. The summed E-state index contributed by atoms with van der Waals surface area (Å²) in [7, 11) is 5.68. The predicted molar refractivity (Wildman–Crippen MR) is 151 cm³/mol. The van der Waals surface area contributed by atoms with E-state index in [0.717, 1.165) is 48.6 Å². The first-order valence-electron chi connectivity index (χ1n) is 12.9. The molecule has 9 nitrogen and oxygen atoms in total. The van der Waals surface area contributed by atoms with Gasteiger partial charge in [-0.3, -0.25) is 0 Å². The van der Waals surface area contributed by atoms with Crippen molar-refractivity contribution in [3.8, 4) is 22.8 Å². The Hall–Kier alpha value is -3.17. The van der Waals surface area contributed by atoms with Crippen LogP contribution in [0.4, 0.5) is 10.5 Å². The third-order valence-electron chi connectivity index (χ3n) is 6.28. The molecule has 1 amide bonds. The SMILES string of the molecule is COc1cc(OCCCN(C)C)c(-c2cn3ccc(N4CCN(C(=O)OC(C)(C)C)CC4)cc3n2)cc1Cl. The highest BCUT2D eigenvalue weighted by molar-refractivity contribution is 6.32. The van der Waals surface area contributed by atoms with Crippen molar-refractivity contribution in [1.29, 1.82) is 0 Å². The molecule has 0 radical (unpaired) electrons. The Bertz CT molecular complexity index is 1260. The highest BCUT2D eigenvalue weighted by atomic mass is 35.5. The van der Waals surface area contributed by atoms with Crippen molar-refractivity contribution in [3.05, 3.63) is 41.7 Å². The van der Waals surface area contributed by atoms with Crippen LogP contribution in [-0.2, 0) is 4.74 Å². The van der Waals surface area contributed by atoms with Crippen LogP contribution < -0.4 is 14.4 Å². The lowest BCUT2D eigenvalue weighted by molar-refractivity contribution is 0.0240. The summed E-state index contributed by atoms with van der Waals surface area (Å²) < 4.78 is 19.1. The summed E-state index contributed by atoms with van der Waals surface area (Å²) in [6, 6.07) is 7.81. The maximum absolute atomic E-state index is 12.4. The van der Waals surface area contributed by atoms with Crippen LogP contribution in [0, 0.1) is 0 Å². The van der Waals surface area contributed by atoms with Crippen molar-refractivity contribution in [2.75, 3.05) is 65.4 Å². The number of anilines is 1. The zero-order valence-corrected chi connectivity index (χ0v) is 23.9. The molecule has 2 aromatic heterocycles. The van der Waals surface area contributed by atoms with Gasteiger partial charge in [-0.05, 0) is 53.4 Å². The molecule has 1 aromatic carbocycles. The Morgan fingerprint density at radius 1 is 1.11 bits per heavy atom. The largest absolute Gasteiger partial charge is 0.495 e. The summed E-state index contributed by atoms with van der Waals surface area (Å²) in [5, 5.41) is 0.503. The number of pyridine rings is 1. The van der Waals surface area contributed by atoms with Gasteiger partial charge < -0.3 is 33.3 Å². The minimum Gasteiger partial charge on any atom is -0.495 e. The Morgan fingerprint density at radius 3 is 2.50 bits per heavy atom. The number of hydrogen-bond acceptors (Lipinski definition) is 7. The molecule has 1 aliphatic heterocycles. The van der Waals surface area contributed by atoms with E-state index >= 15 is 0 Å². The normalized spacial score (nSPS) is 14.3. The molecule has 4 rings (SSSR count). The van der Waals surface area contributed by atoms with Crippen molar-refractivity contribution >= 4 is 29.0 Å². The molecule has 1 saturated heterocycles. The van der Waals surface area contributed by atoms with Gasteiger partial charge in [-0.15, -0.1) is 0 Å². The maximum atomic E-state index is 12.4. The average molecular weight is 544 g/mol.